The minimum absolute atomic E-state index is 0.191. The summed E-state index contributed by atoms with van der Waals surface area (Å²) in [4.78, 5) is 28.4. The molecule has 3 saturated heterocycles. The van der Waals surface area contributed by atoms with Crippen LogP contribution in [0.3, 0.4) is 0 Å². The largest absolute Gasteiger partial charge is 0.423 e. The molecule has 0 radical (unpaired) electrons. The zero-order chi connectivity index (χ0) is 18.4. The third-order valence-electron chi connectivity index (χ3n) is 5.55. The van der Waals surface area contributed by atoms with Gasteiger partial charge in [0, 0.05) is 27.1 Å². The summed E-state index contributed by atoms with van der Waals surface area (Å²) in [5.41, 5.74) is 1.05. The fraction of sp³-hybridized carbons (Fsp3) is 0.556. The van der Waals surface area contributed by atoms with Crippen molar-refractivity contribution in [3.8, 4) is 0 Å². The quantitative estimate of drug-likeness (QED) is 0.807. The first-order valence-corrected chi connectivity index (χ1v) is 9.93. The zero-order valence-corrected chi connectivity index (χ0v) is 15.7. The van der Waals surface area contributed by atoms with E-state index < -0.39 is 12.3 Å². The van der Waals surface area contributed by atoms with Gasteiger partial charge in [0.05, 0.1) is 17.9 Å². The van der Waals surface area contributed by atoms with Crippen molar-refractivity contribution in [3.05, 3.63) is 24.0 Å². The van der Waals surface area contributed by atoms with Gasteiger partial charge in [0.15, 0.2) is 6.23 Å². The lowest BCUT2D eigenvalue weighted by molar-refractivity contribution is -0.134. The molecule has 0 saturated carbocycles. The highest BCUT2D eigenvalue weighted by Gasteiger charge is 2.38. The second-order valence-corrected chi connectivity index (χ2v) is 8.25. The highest BCUT2D eigenvalue weighted by atomic mass is 32.2. The molecule has 3 heterocycles. The maximum atomic E-state index is 14.8. The van der Waals surface area contributed by atoms with Gasteiger partial charge in [0.1, 0.15) is 5.82 Å². The summed E-state index contributed by atoms with van der Waals surface area (Å²) in [6, 6.07) is 4.88. The summed E-state index contributed by atoms with van der Waals surface area (Å²) in [6.07, 6.45) is -1.22. The fourth-order valence-electron chi connectivity index (χ4n) is 3.87. The third-order valence-corrected chi connectivity index (χ3v) is 6.88. The number of nitrogens with zero attached hydrogens (tertiary/aromatic N) is 3. The molecule has 3 aliphatic heterocycles. The van der Waals surface area contributed by atoms with Gasteiger partial charge >= 0.3 is 6.09 Å². The van der Waals surface area contributed by atoms with Gasteiger partial charge < -0.3 is 14.5 Å². The van der Waals surface area contributed by atoms with Gasteiger partial charge in [-0.3, -0.25) is 9.69 Å². The summed E-state index contributed by atoms with van der Waals surface area (Å²) < 4.78 is 20.0. The number of benzene rings is 1. The van der Waals surface area contributed by atoms with Crippen LogP contribution in [0, 0.1) is 17.7 Å². The molecule has 3 unspecified atom stereocenters. The summed E-state index contributed by atoms with van der Waals surface area (Å²) in [5.74, 6) is 3.10. The van der Waals surface area contributed by atoms with Gasteiger partial charge in [-0.2, -0.15) is 11.8 Å². The summed E-state index contributed by atoms with van der Waals surface area (Å²) in [6.45, 7) is 3.39. The van der Waals surface area contributed by atoms with Crippen molar-refractivity contribution in [2.24, 2.45) is 11.8 Å². The van der Waals surface area contributed by atoms with Crippen molar-refractivity contribution in [3.63, 3.8) is 0 Å². The number of amides is 2. The molecule has 3 fully saturated rings. The van der Waals surface area contributed by atoms with E-state index in [1.807, 2.05) is 11.8 Å². The van der Waals surface area contributed by atoms with E-state index in [2.05, 4.69) is 4.90 Å². The van der Waals surface area contributed by atoms with Crippen LogP contribution in [-0.2, 0) is 9.53 Å². The number of thioether (sulfide) groups is 1. The summed E-state index contributed by atoms with van der Waals surface area (Å²) >= 11 is 1.99. The number of carbonyl (C=O) groups excluding carboxylic acids is 2. The molecule has 2 amide bonds. The molecular formula is C18H22FN3O3S. The van der Waals surface area contributed by atoms with Crippen molar-refractivity contribution >= 4 is 35.1 Å². The Kier molecular flexibility index (Phi) is 4.46. The molecule has 6 nitrogen and oxygen atoms in total. The first-order valence-electron chi connectivity index (χ1n) is 8.78. The van der Waals surface area contributed by atoms with E-state index in [-0.39, 0.29) is 18.3 Å². The molecular weight excluding hydrogens is 357 g/mol. The van der Waals surface area contributed by atoms with E-state index in [1.54, 1.807) is 19.2 Å². The lowest BCUT2D eigenvalue weighted by Gasteiger charge is -2.22. The molecule has 0 aromatic heterocycles. The predicted molar refractivity (Wildman–Crippen MR) is 99.0 cm³/mol. The van der Waals surface area contributed by atoms with E-state index in [4.69, 9.17) is 4.74 Å². The molecule has 0 aliphatic carbocycles. The second kappa shape index (κ2) is 6.64. The minimum atomic E-state index is -0.654. The molecule has 1 aromatic rings. The number of hydrogen-bond acceptors (Lipinski definition) is 5. The zero-order valence-electron chi connectivity index (χ0n) is 14.9. The number of likely N-dealkylation sites (N-methyl/N-ethyl adjacent to an activating group) is 1. The van der Waals surface area contributed by atoms with Gasteiger partial charge in [-0.05, 0) is 41.5 Å². The van der Waals surface area contributed by atoms with Gasteiger partial charge in [-0.15, -0.1) is 0 Å². The predicted octanol–water partition coefficient (Wildman–Crippen LogP) is 2.39. The maximum absolute atomic E-state index is 14.8. The maximum Gasteiger partial charge on any atom is 0.416 e. The first-order chi connectivity index (χ1) is 12.4. The van der Waals surface area contributed by atoms with E-state index in [0.29, 0.717) is 23.2 Å². The van der Waals surface area contributed by atoms with Crippen LogP contribution in [0.5, 0.6) is 0 Å². The van der Waals surface area contributed by atoms with Crippen molar-refractivity contribution in [2.45, 2.75) is 13.2 Å². The Bertz CT molecular complexity index is 734. The molecule has 0 spiro atoms. The fourth-order valence-corrected chi connectivity index (χ4v) is 5.36. The van der Waals surface area contributed by atoms with E-state index in [9.17, 15) is 14.0 Å². The SMILES string of the molecule is CC(=O)N(C)C1CN(c2ccc(N3CC4CSCC4C3)c(F)c2)C(=O)O1. The Labute approximate surface area is 156 Å². The van der Waals surface area contributed by atoms with Gasteiger partial charge in [-0.25, -0.2) is 9.18 Å². The van der Waals surface area contributed by atoms with Crippen molar-refractivity contribution in [2.75, 3.05) is 48.0 Å². The van der Waals surface area contributed by atoms with Crippen molar-refractivity contribution in [1.82, 2.24) is 4.90 Å². The van der Waals surface area contributed by atoms with Crippen molar-refractivity contribution in [1.29, 1.82) is 0 Å². The number of carbonyl (C=O) groups is 2. The molecule has 8 heteroatoms. The molecule has 3 aliphatic rings. The first kappa shape index (κ1) is 17.5. The number of fused-ring (bicyclic) bond motifs is 1. The summed E-state index contributed by atoms with van der Waals surface area (Å²) in [5, 5.41) is 0. The van der Waals surface area contributed by atoms with Crippen LogP contribution in [0.2, 0.25) is 0 Å². The number of hydrogen-bond donors (Lipinski definition) is 0. The Balaban J connectivity index is 1.49. The molecule has 26 heavy (non-hydrogen) atoms. The highest BCUT2D eigenvalue weighted by molar-refractivity contribution is 7.99. The lowest BCUT2D eigenvalue weighted by atomic mass is 10.0. The number of halogens is 1. The third kappa shape index (κ3) is 3.00. The second-order valence-electron chi connectivity index (χ2n) is 7.18. The average molecular weight is 379 g/mol. The standard InChI is InChI=1S/C18H22FN3O3S/c1-11(23)20(2)17-8-22(18(24)25-17)14-3-4-16(15(19)5-14)21-6-12-9-26-10-13(12)7-21/h3-5,12-13,17H,6-10H2,1-2H3. The number of ether oxygens (including phenoxy) is 1. The van der Waals surface area contributed by atoms with E-state index >= 15 is 0 Å². The van der Waals surface area contributed by atoms with Crippen LogP contribution in [0.1, 0.15) is 6.92 Å². The van der Waals surface area contributed by atoms with Crippen LogP contribution >= 0.6 is 11.8 Å². The van der Waals surface area contributed by atoms with Crippen molar-refractivity contribution < 1.29 is 18.7 Å². The summed E-state index contributed by atoms with van der Waals surface area (Å²) in [7, 11) is 1.58. The molecule has 1 aromatic carbocycles. The highest BCUT2D eigenvalue weighted by Crippen LogP contribution is 2.39. The van der Waals surface area contributed by atoms with Crippen LogP contribution < -0.4 is 9.80 Å². The number of anilines is 2. The van der Waals surface area contributed by atoms with Gasteiger partial charge in [-0.1, -0.05) is 0 Å². The minimum Gasteiger partial charge on any atom is -0.423 e. The smallest absolute Gasteiger partial charge is 0.416 e. The Morgan fingerprint density at radius 2 is 1.96 bits per heavy atom. The topological polar surface area (TPSA) is 53.1 Å². The Morgan fingerprint density at radius 3 is 2.58 bits per heavy atom. The Morgan fingerprint density at radius 1 is 1.27 bits per heavy atom. The van der Waals surface area contributed by atoms with Gasteiger partial charge in [0.25, 0.3) is 0 Å². The normalized spacial score (nSPS) is 27.7. The monoisotopic (exact) mass is 379 g/mol. The van der Waals surface area contributed by atoms with Gasteiger partial charge in [0.2, 0.25) is 5.91 Å². The molecule has 0 N–H and O–H groups in total. The van der Waals surface area contributed by atoms with Crippen LogP contribution in [0.4, 0.5) is 20.6 Å². The molecule has 3 atom stereocenters. The van der Waals surface area contributed by atoms with Crippen LogP contribution in [0.25, 0.3) is 0 Å². The molecule has 4 rings (SSSR count). The Hall–Kier alpha value is -1.96. The number of cyclic esters (lactones) is 1. The lowest BCUT2D eigenvalue weighted by Crippen LogP contribution is -2.38. The average Bonchev–Trinajstić information content (AvgIpc) is 3.28. The molecule has 140 valence electrons. The van der Waals surface area contributed by atoms with Crippen LogP contribution in [-0.4, -0.2) is 61.3 Å². The van der Waals surface area contributed by atoms with Crippen LogP contribution in [0.15, 0.2) is 18.2 Å². The molecule has 0 bridgehead atoms. The van der Waals surface area contributed by atoms with E-state index in [0.717, 1.165) is 24.6 Å². The number of rotatable bonds is 3. The van der Waals surface area contributed by atoms with E-state index in [1.165, 1.54) is 22.8 Å².